The molecular formula is C37H54N6O6. The molecule has 12 heteroatoms. The summed E-state index contributed by atoms with van der Waals surface area (Å²) in [5.41, 5.74) is 13.5. The summed E-state index contributed by atoms with van der Waals surface area (Å²) >= 11 is 0. The molecule has 8 N–H and O–H groups in total. The van der Waals surface area contributed by atoms with Gasteiger partial charge in [-0.3, -0.25) is 24.0 Å². The Morgan fingerprint density at radius 2 is 1.29 bits per heavy atom. The fraction of sp³-hybridized carbons (Fsp3) is 0.541. The second-order valence-electron chi connectivity index (χ2n) is 13.3. The lowest BCUT2D eigenvalue weighted by Crippen LogP contribution is -2.58. The normalized spacial score (nSPS) is 15.9. The van der Waals surface area contributed by atoms with Gasteiger partial charge in [-0.15, -0.1) is 0 Å². The van der Waals surface area contributed by atoms with E-state index in [2.05, 4.69) is 16.0 Å². The maximum absolute atomic E-state index is 13.9. The Bertz CT molecular complexity index is 1350. The number of carboxylic acid groups (broad SMARTS) is 1. The van der Waals surface area contributed by atoms with Crippen molar-refractivity contribution in [2.24, 2.45) is 29.2 Å². The fourth-order valence-corrected chi connectivity index (χ4v) is 6.10. The molecule has 12 nitrogen and oxygen atoms in total. The van der Waals surface area contributed by atoms with Crippen molar-refractivity contribution in [3.63, 3.8) is 0 Å². The van der Waals surface area contributed by atoms with Crippen molar-refractivity contribution < 1.29 is 29.1 Å². The number of carbonyl (C=O) groups excluding carboxylic acids is 4. The van der Waals surface area contributed by atoms with Crippen LogP contribution in [0.5, 0.6) is 0 Å². The monoisotopic (exact) mass is 678 g/mol. The molecule has 268 valence electrons. The van der Waals surface area contributed by atoms with Crippen LogP contribution < -0.4 is 27.4 Å². The molecule has 1 heterocycles. The van der Waals surface area contributed by atoms with E-state index in [0.717, 1.165) is 11.1 Å². The van der Waals surface area contributed by atoms with Crippen LogP contribution in [0.15, 0.2) is 60.7 Å². The average Bonchev–Trinajstić information content (AvgIpc) is 3.09. The smallest absolute Gasteiger partial charge is 0.306 e. The van der Waals surface area contributed by atoms with Crippen LogP contribution in [0.1, 0.15) is 63.5 Å². The predicted molar refractivity (Wildman–Crippen MR) is 188 cm³/mol. The first-order valence-corrected chi connectivity index (χ1v) is 17.4. The van der Waals surface area contributed by atoms with Gasteiger partial charge in [-0.1, -0.05) is 74.5 Å². The number of carboxylic acids is 1. The Kier molecular flexibility index (Phi) is 16.2. The number of likely N-dealkylation sites (tertiary alicyclic amines) is 1. The van der Waals surface area contributed by atoms with Crippen LogP contribution in [-0.2, 0) is 36.8 Å². The highest BCUT2D eigenvalue weighted by Gasteiger charge is 2.34. The van der Waals surface area contributed by atoms with E-state index in [-0.39, 0.29) is 30.7 Å². The SMILES string of the molecule is CC(C)CC(NC(=O)C(Cc1ccccc1)NC(=O)C(CN)Cc1ccccc1)C(=O)NC(CCCCN)C(=O)N1CCC(C(=O)O)CC1. The predicted octanol–water partition coefficient (Wildman–Crippen LogP) is 2.00. The van der Waals surface area contributed by atoms with Crippen LogP contribution in [0.2, 0.25) is 0 Å². The van der Waals surface area contributed by atoms with E-state index in [1.165, 1.54) is 0 Å². The number of aliphatic carboxylic acids is 1. The molecular weight excluding hydrogens is 624 g/mol. The third kappa shape index (κ3) is 12.9. The quantitative estimate of drug-likeness (QED) is 0.121. The maximum atomic E-state index is 13.9. The van der Waals surface area contributed by atoms with Crippen LogP contribution >= 0.6 is 0 Å². The van der Waals surface area contributed by atoms with E-state index in [1.807, 2.05) is 74.5 Å². The number of nitrogens with two attached hydrogens (primary N) is 2. The second-order valence-corrected chi connectivity index (χ2v) is 13.3. The van der Waals surface area contributed by atoms with Crippen molar-refractivity contribution in [3.8, 4) is 0 Å². The number of rotatable bonds is 19. The highest BCUT2D eigenvalue weighted by molar-refractivity contribution is 5.94. The van der Waals surface area contributed by atoms with Gasteiger partial charge in [-0.05, 0) is 68.5 Å². The van der Waals surface area contributed by atoms with Crippen molar-refractivity contribution in [2.75, 3.05) is 26.2 Å². The van der Waals surface area contributed by atoms with Crippen molar-refractivity contribution in [1.29, 1.82) is 0 Å². The average molecular weight is 679 g/mol. The zero-order valence-electron chi connectivity index (χ0n) is 28.8. The largest absolute Gasteiger partial charge is 0.481 e. The number of amides is 4. The number of nitrogens with one attached hydrogen (secondary N) is 3. The van der Waals surface area contributed by atoms with Gasteiger partial charge < -0.3 is 37.4 Å². The number of benzene rings is 2. The second kappa shape index (κ2) is 20.3. The molecule has 0 aliphatic carbocycles. The molecule has 2 aromatic carbocycles. The Hall–Kier alpha value is -4.29. The first-order valence-electron chi connectivity index (χ1n) is 17.4. The number of hydrogen-bond donors (Lipinski definition) is 6. The lowest BCUT2D eigenvalue weighted by Gasteiger charge is -2.34. The van der Waals surface area contributed by atoms with E-state index in [1.54, 1.807) is 4.90 Å². The van der Waals surface area contributed by atoms with Crippen LogP contribution in [0.4, 0.5) is 0 Å². The Morgan fingerprint density at radius 1 is 0.755 bits per heavy atom. The molecule has 1 aliphatic heterocycles. The minimum atomic E-state index is -0.986. The topological polar surface area (TPSA) is 197 Å². The molecule has 0 spiro atoms. The van der Waals surface area contributed by atoms with Gasteiger partial charge in [0, 0.05) is 26.1 Å². The van der Waals surface area contributed by atoms with Crippen LogP contribution in [-0.4, -0.2) is 83.9 Å². The third-order valence-corrected chi connectivity index (χ3v) is 8.95. The third-order valence-electron chi connectivity index (χ3n) is 8.95. The van der Waals surface area contributed by atoms with Gasteiger partial charge >= 0.3 is 5.97 Å². The minimum Gasteiger partial charge on any atom is -0.481 e. The van der Waals surface area contributed by atoms with E-state index in [4.69, 9.17) is 11.5 Å². The summed E-state index contributed by atoms with van der Waals surface area (Å²) in [4.78, 5) is 67.9. The summed E-state index contributed by atoms with van der Waals surface area (Å²) in [5, 5.41) is 18.1. The fourth-order valence-electron chi connectivity index (χ4n) is 6.10. The van der Waals surface area contributed by atoms with Crippen LogP contribution in [0, 0.1) is 17.8 Å². The van der Waals surface area contributed by atoms with Gasteiger partial charge in [0.05, 0.1) is 11.8 Å². The van der Waals surface area contributed by atoms with Crippen LogP contribution in [0.3, 0.4) is 0 Å². The lowest BCUT2D eigenvalue weighted by molar-refractivity contribution is -0.146. The van der Waals surface area contributed by atoms with Crippen molar-refractivity contribution in [2.45, 2.75) is 83.3 Å². The molecule has 4 amide bonds. The first-order chi connectivity index (χ1) is 23.5. The molecule has 4 atom stereocenters. The Labute approximate surface area is 289 Å². The summed E-state index contributed by atoms with van der Waals surface area (Å²) in [7, 11) is 0. The summed E-state index contributed by atoms with van der Waals surface area (Å²) < 4.78 is 0. The number of carbonyl (C=O) groups is 5. The van der Waals surface area contributed by atoms with E-state index in [9.17, 15) is 29.1 Å². The lowest BCUT2D eigenvalue weighted by atomic mass is 9.96. The van der Waals surface area contributed by atoms with E-state index in [0.29, 0.717) is 64.6 Å². The molecule has 2 aromatic rings. The summed E-state index contributed by atoms with van der Waals surface area (Å²) in [6.07, 6.45) is 3.24. The van der Waals surface area contributed by atoms with Gasteiger partial charge in [0.1, 0.15) is 18.1 Å². The summed E-state index contributed by atoms with van der Waals surface area (Å²) in [6.45, 7) is 4.98. The molecule has 1 fully saturated rings. The van der Waals surface area contributed by atoms with E-state index < -0.39 is 47.7 Å². The van der Waals surface area contributed by atoms with Gasteiger partial charge in [-0.2, -0.15) is 0 Å². The van der Waals surface area contributed by atoms with Crippen molar-refractivity contribution in [3.05, 3.63) is 71.8 Å². The van der Waals surface area contributed by atoms with Crippen molar-refractivity contribution in [1.82, 2.24) is 20.9 Å². The highest BCUT2D eigenvalue weighted by atomic mass is 16.4. The number of unbranched alkanes of at least 4 members (excludes halogenated alkanes) is 1. The van der Waals surface area contributed by atoms with Gasteiger partial charge in [0.25, 0.3) is 0 Å². The number of nitrogens with zero attached hydrogens (tertiary/aromatic N) is 1. The number of hydrogen-bond acceptors (Lipinski definition) is 7. The zero-order chi connectivity index (χ0) is 35.8. The minimum absolute atomic E-state index is 0.0205. The molecule has 0 bridgehead atoms. The van der Waals surface area contributed by atoms with Crippen LogP contribution in [0.25, 0.3) is 0 Å². The van der Waals surface area contributed by atoms with Gasteiger partial charge in [0.15, 0.2) is 0 Å². The first kappa shape index (κ1) is 39.2. The summed E-state index contributed by atoms with van der Waals surface area (Å²) in [5.74, 6) is -3.56. The standard InChI is InChI=1S/C37H54N6O6/c1-25(2)21-31(34(45)40-30(15-9-10-18-38)36(47)43-19-16-28(17-20-43)37(48)49)42-35(46)32(23-27-13-7-4-8-14-27)41-33(44)29(24-39)22-26-11-5-3-6-12-26/h3-8,11-14,25,28-32H,9-10,15-24,38-39H2,1-2H3,(H,40,45)(H,41,44)(H,42,46)(H,48,49). The molecule has 0 saturated carbocycles. The molecule has 4 unspecified atom stereocenters. The molecule has 1 saturated heterocycles. The molecule has 0 aromatic heterocycles. The highest BCUT2D eigenvalue weighted by Crippen LogP contribution is 2.19. The van der Waals surface area contributed by atoms with Gasteiger partial charge in [-0.25, -0.2) is 0 Å². The van der Waals surface area contributed by atoms with Crippen molar-refractivity contribution >= 4 is 29.6 Å². The number of piperidine rings is 1. The molecule has 0 radical (unpaired) electrons. The van der Waals surface area contributed by atoms with E-state index >= 15 is 0 Å². The van der Waals surface area contributed by atoms with Gasteiger partial charge in [0.2, 0.25) is 23.6 Å². The molecule has 1 aliphatic rings. The summed E-state index contributed by atoms with van der Waals surface area (Å²) in [6, 6.07) is 16.0. The Balaban J connectivity index is 1.78. The molecule has 3 rings (SSSR count). The Morgan fingerprint density at radius 3 is 1.82 bits per heavy atom. The zero-order valence-corrected chi connectivity index (χ0v) is 28.8. The maximum Gasteiger partial charge on any atom is 0.306 e. The molecule has 49 heavy (non-hydrogen) atoms.